The fourth-order valence-corrected chi connectivity index (χ4v) is 3.64. The number of ether oxygens (including phenoxy) is 1. The van der Waals surface area contributed by atoms with E-state index in [9.17, 15) is 9.59 Å². The lowest BCUT2D eigenvalue weighted by atomic mass is 10.1. The molecule has 0 spiro atoms. The molecule has 1 saturated heterocycles. The van der Waals surface area contributed by atoms with E-state index in [1.54, 1.807) is 4.90 Å². The Hall–Kier alpha value is -2.34. The fourth-order valence-electron chi connectivity index (χ4n) is 3.23. The molecule has 2 aromatic carbocycles. The lowest BCUT2D eigenvalue weighted by molar-refractivity contribution is -0.122. The molecular weight excluding hydrogens is 408 g/mol. The number of nitrogens with zero attached hydrogens (tertiary/aromatic N) is 1. The number of halogens is 1. The van der Waals surface area contributed by atoms with Gasteiger partial charge in [-0.3, -0.25) is 9.59 Å². The Morgan fingerprint density at radius 2 is 1.96 bits per heavy atom. The zero-order chi connectivity index (χ0) is 19.4. The summed E-state index contributed by atoms with van der Waals surface area (Å²) < 4.78 is 6.42. The molecule has 1 unspecified atom stereocenters. The van der Waals surface area contributed by atoms with Gasteiger partial charge < -0.3 is 15.0 Å². The Morgan fingerprint density at radius 3 is 2.63 bits per heavy atom. The standard InChI is InChI=1S/C21H23BrN2O3/c1-3-14-11-16(22)5-10-19(14)23-21(26)15-12-20(25)24(13-15)17-6-8-18(9-7-17)27-4-2/h5-11,15H,3-4,12-13H2,1-2H3,(H,23,26). The quantitative estimate of drug-likeness (QED) is 0.738. The van der Waals surface area contributed by atoms with Crippen LogP contribution in [-0.4, -0.2) is 25.0 Å². The smallest absolute Gasteiger partial charge is 0.229 e. The molecule has 6 heteroatoms. The van der Waals surface area contributed by atoms with E-state index < -0.39 is 0 Å². The molecule has 0 saturated carbocycles. The first-order valence-corrected chi connectivity index (χ1v) is 9.93. The fraction of sp³-hybridized carbons (Fsp3) is 0.333. The third kappa shape index (κ3) is 4.50. The summed E-state index contributed by atoms with van der Waals surface area (Å²) >= 11 is 3.45. The number of hydrogen-bond donors (Lipinski definition) is 1. The molecule has 27 heavy (non-hydrogen) atoms. The summed E-state index contributed by atoms with van der Waals surface area (Å²) in [6, 6.07) is 13.2. The molecule has 0 aliphatic carbocycles. The summed E-state index contributed by atoms with van der Waals surface area (Å²) in [5.41, 5.74) is 2.65. The highest BCUT2D eigenvalue weighted by Crippen LogP contribution is 2.28. The number of nitrogens with one attached hydrogen (secondary N) is 1. The zero-order valence-electron chi connectivity index (χ0n) is 15.5. The summed E-state index contributed by atoms with van der Waals surface area (Å²) in [6.07, 6.45) is 1.04. The van der Waals surface area contributed by atoms with Crippen LogP contribution in [0.2, 0.25) is 0 Å². The number of rotatable bonds is 6. The van der Waals surface area contributed by atoms with E-state index in [0.717, 1.165) is 33.6 Å². The minimum atomic E-state index is -0.363. The number of hydrogen-bond acceptors (Lipinski definition) is 3. The van der Waals surface area contributed by atoms with Crippen LogP contribution in [-0.2, 0) is 16.0 Å². The Labute approximate surface area is 167 Å². The van der Waals surface area contributed by atoms with E-state index in [2.05, 4.69) is 21.2 Å². The predicted molar refractivity (Wildman–Crippen MR) is 110 cm³/mol. The molecule has 0 bridgehead atoms. The SMILES string of the molecule is CCOc1ccc(N2CC(C(=O)Nc3ccc(Br)cc3CC)CC2=O)cc1. The number of aryl methyl sites for hydroxylation is 1. The van der Waals surface area contributed by atoms with Crippen LogP contribution in [0.3, 0.4) is 0 Å². The van der Waals surface area contributed by atoms with Crippen LogP contribution in [0.4, 0.5) is 11.4 Å². The molecule has 0 radical (unpaired) electrons. The number of amides is 2. The van der Waals surface area contributed by atoms with Crippen LogP contribution >= 0.6 is 15.9 Å². The maximum atomic E-state index is 12.7. The van der Waals surface area contributed by atoms with Crippen LogP contribution in [0.15, 0.2) is 46.9 Å². The number of benzene rings is 2. The van der Waals surface area contributed by atoms with E-state index in [4.69, 9.17) is 4.74 Å². The second kappa shape index (κ2) is 8.57. The van der Waals surface area contributed by atoms with Crippen molar-refractivity contribution >= 4 is 39.1 Å². The molecule has 1 aliphatic heterocycles. The van der Waals surface area contributed by atoms with Crippen LogP contribution in [0.25, 0.3) is 0 Å². The minimum absolute atomic E-state index is 0.0363. The summed E-state index contributed by atoms with van der Waals surface area (Å²) in [7, 11) is 0. The monoisotopic (exact) mass is 430 g/mol. The average Bonchev–Trinajstić information content (AvgIpc) is 3.06. The highest BCUT2D eigenvalue weighted by Gasteiger charge is 2.35. The van der Waals surface area contributed by atoms with Gasteiger partial charge in [0.15, 0.2) is 0 Å². The molecular formula is C21H23BrN2O3. The van der Waals surface area contributed by atoms with Crippen LogP contribution in [0.5, 0.6) is 5.75 Å². The van der Waals surface area contributed by atoms with E-state index in [1.807, 2.05) is 56.3 Å². The van der Waals surface area contributed by atoms with Gasteiger partial charge in [-0.2, -0.15) is 0 Å². The summed E-state index contributed by atoms with van der Waals surface area (Å²) in [5, 5.41) is 2.99. The maximum Gasteiger partial charge on any atom is 0.229 e. The van der Waals surface area contributed by atoms with Gasteiger partial charge in [-0.05, 0) is 61.4 Å². The molecule has 1 atom stereocenters. The molecule has 1 fully saturated rings. The van der Waals surface area contributed by atoms with Crippen LogP contribution < -0.4 is 15.0 Å². The molecule has 2 aromatic rings. The lowest BCUT2D eigenvalue weighted by Gasteiger charge is -2.17. The van der Waals surface area contributed by atoms with Crippen molar-refractivity contribution in [1.82, 2.24) is 0 Å². The third-order valence-electron chi connectivity index (χ3n) is 4.66. The largest absolute Gasteiger partial charge is 0.494 e. The Kier molecular flexibility index (Phi) is 6.16. The van der Waals surface area contributed by atoms with Gasteiger partial charge in [0.2, 0.25) is 11.8 Å². The van der Waals surface area contributed by atoms with Gasteiger partial charge in [0.25, 0.3) is 0 Å². The Morgan fingerprint density at radius 1 is 1.22 bits per heavy atom. The van der Waals surface area contributed by atoms with Gasteiger partial charge in [-0.25, -0.2) is 0 Å². The summed E-state index contributed by atoms with van der Waals surface area (Å²) in [4.78, 5) is 26.8. The van der Waals surface area contributed by atoms with E-state index in [1.165, 1.54) is 0 Å². The molecule has 0 aromatic heterocycles. The summed E-state index contributed by atoms with van der Waals surface area (Å²) in [5.74, 6) is 0.251. The van der Waals surface area contributed by atoms with Crippen molar-refractivity contribution in [1.29, 1.82) is 0 Å². The van der Waals surface area contributed by atoms with E-state index in [0.29, 0.717) is 13.2 Å². The first kappa shape index (κ1) is 19.4. The van der Waals surface area contributed by atoms with Crippen molar-refractivity contribution in [3.05, 3.63) is 52.5 Å². The molecule has 5 nitrogen and oxygen atoms in total. The van der Waals surface area contributed by atoms with Gasteiger partial charge in [-0.1, -0.05) is 22.9 Å². The van der Waals surface area contributed by atoms with Crippen molar-refractivity contribution in [2.45, 2.75) is 26.7 Å². The van der Waals surface area contributed by atoms with E-state index >= 15 is 0 Å². The summed E-state index contributed by atoms with van der Waals surface area (Å²) in [6.45, 7) is 4.96. The lowest BCUT2D eigenvalue weighted by Crippen LogP contribution is -2.28. The average molecular weight is 431 g/mol. The number of carbonyl (C=O) groups is 2. The molecule has 1 heterocycles. The molecule has 3 rings (SSSR count). The van der Waals surface area contributed by atoms with Gasteiger partial charge in [-0.15, -0.1) is 0 Å². The molecule has 1 aliphatic rings. The molecule has 2 amide bonds. The van der Waals surface area contributed by atoms with E-state index in [-0.39, 0.29) is 24.2 Å². The number of anilines is 2. The molecule has 142 valence electrons. The van der Waals surface area contributed by atoms with Crippen LogP contribution in [0.1, 0.15) is 25.8 Å². The van der Waals surface area contributed by atoms with Gasteiger partial charge in [0.05, 0.1) is 12.5 Å². The van der Waals surface area contributed by atoms with Gasteiger partial charge in [0, 0.05) is 28.8 Å². The Bertz CT molecular complexity index is 836. The molecule has 1 N–H and O–H groups in total. The highest BCUT2D eigenvalue weighted by molar-refractivity contribution is 9.10. The first-order chi connectivity index (χ1) is 13.0. The minimum Gasteiger partial charge on any atom is -0.494 e. The normalized spacial score (nSPS) is 16.5. The Balaban J connectivity index is 1.68. The first-order valence-electron chi connectivity index (χ1n) is 9.14. The second-order valence-electron chi connectivity index (χ2n) is 6.48. The van der Waals surface area contributed by atoms with Crippen molar-refractivity contribution < 1.29 is 14.3 Å². The van der Waals surface area contributed by atoms with Crippen LogP contribution in [0, 0.1) is 5.92 Å². The van der Waals surface area contributed by atoms with Crippen molar-refractivity contribution in [3.8, 4) is 5.75 Å². The number of carbonyl (C=O) groups excluding carboxylic acids is 2. The van der Waals surface area contributed by atoms with Crippen molar-refractivity contribution in [2.75, 3.05) is 23.4 Å². The predicted octanol–water partition coefficient (Wildman–Crippen LogP) is 4.40. The van der Waals surface area contributed by atoms with Crippen molar-refractivity contribution in [2.24, 2.45) is 5.92 Å². The zero-order valence-corrected chi connectivity index (χ0v) is 17.1. The maximum absolute atomic E-state index is 12.7. The third-order valence-corrected chi connectivity index (χ3v) is 5.15. The highest BCUT2D eigenvalue weighted by atomic mass is 79.9. The second-order valence-corrected chi connectivity index (χ2v) is 7.39. The van der Waals surface area contributed by atoms with Gasteiger partial charge in [0.1, 0.15) is 5.75 Å². The van der Waals surface area contributed by atoms with Gasteiger partial charge >= 0.3 is 0 Å². The topological polar surface area (TPSA) is 58.6 Å². The van der Waals surface area contributed by atoms with Crippen molar-refractivity contribution in [3.63, 3.8) is 0 Å².